The van der Waals surface area contributed by atoms with E-state index < -0.39 is 0 Å². The fourth-order valence-corrected chi connectivity index (χ4v) is 2.25. The summed E-state index contributed by atoms with van der Waals surface area (Å²) in [6.45, 7) is 1.74. The van der Waals surface area contributed by atoms with E-state index in [-0.39, 0.29) is 35.7 Å². The van der Waals surface area contributed by atoms with Gasteiger partial charge in [-0.05, 0) is 36.2 Å². The number of nitrogens with zero attached hydrogens (tertiary/aromatic N) is 1. The fourth-order valence-electron chi connectivity index (χ4n) is 2.25. The molecule has 5 nitrogen and oxygen atoms in total. The molecule has 2 rings (SSSR count). The molecule has 0 saturated carbocycles. The number of aliphatic imine (C=N–C) groups is 1. The summed E-state index contributed by atoms with van der Waals surface area (Å²) in [6.07, 6.45) is 0.770. The van der Waals surface area contributed by atoms with E-state index in [0.29, 0.717) is 31.2 Å². The van der Waals surface area contributed by atoms with Crippen LogP contribution >= 0.6 is 24.0 Å². The number of halogens is 2. The lowest BCUT2D eigenvalue weighted by atomic mass is 10.1. The predicted molar refractivity (Wildman–Crippen MR) is 114 cm³/mol. The third-order valence-electron chi connectivity index (χ3n) is 3.58. The van der Waals surface area contributed by atoms with Crippen LogP contribution in [-0.4, -0.2) is 38.5 Å². The van der Waals surface area contributed by atoms with Gasteiger partial charge >= 0.3 is 0 Å². The van der Waals surface area contributed by atoms with Crippen molar-refractivity contribution in [2.24, 2.45) is 4.99 Å². The summed E-state index contributed by atoms with van der Waals surface area (Å²) in [5.74, 6) is 0.337. The first-order chi connectivity index (χ1) is 12.2. The van der Waals surface area contributed by atoms with Crippen molar-refractivity contribution < 1.29 is 9.18 Å². The highest BCUT2D eigenvalue weighted by atomic mass is 127. The SMILES string of the molecule is CN=C(NCCNC(=O)c1ccccc1)NCCc1ccc(F)cc1.I. The van der Waals surface area contributed by atoms with Crippen LogP contribution in [0.1, 0.15) is 15.9 Å². The van der Waals surface area contributed by atoms with Crippen molar-refractivity contribution in [2.45, 2.75) is 6.42 Å². The summed E-state index contributed by atoms with van der Waals surface area (Å²) < 4.78 is 12.9. The van der Waals surface area contributed by atoms with Crippen molar-refractivity contribution in [3.8, 4) is 0 Å². The average Bonchev–Trinajstić information content (AvgIpc) is 2.65. The number of nitrogens with one attached hydrogen (secondary N) is 3. The molecule has 2 aromatic carbocycles. The van der Waals surface area contributed by atoms with Crippen molar-refractivity contribution in [3.63, 3.8) is 0 Å². The third kappa shape index (κ3) is 7.81. The average molecular weight is 470 g/mol. The summed E-state index contributed by atoms with van der Waals surface area (Å²) >= 11 is 0. The molecular formula is C19H24FIN4O. The van der Waals surface area contributed by atoms with Crippen LogP contribution in [0.4, 0.5) is 4.39 Å². The molecule has 0 unspecified atom stereocenters. The van der Waals surface area contributed by atoms with Crippen LogP contribution in [0.15, 0.2) is 59.6 Å². The van der Waals surface area contributed by atoms with Crippen LogP contribution in [-0.2, 0) is 6.42 Å². The number of hydrogen-bond acceptors (Lipinski definition) is 2. The summed E-state index contributed by atoms with van der Waals surface area (Å²) in [5, 5.41) is 9.17. The first-order valence-electron chi connectivity index (χ1n) is 8.21. The smallest absolute Gasteiger partial charge is 0.251 e. The minimum atomic E-state index is -0.230. The number of benzene rings is 2. The van der Waals surface area contributed by atoms with Gasteiger partial charge in [0.15, 0.2) is 5.96 Å². The maximum Gasteiger partial charge on any atom is 0.251 e. The van der Waals surface area contributed by atoms with Gasteiger partial charge in [-0.1, -0.05) is 30.3 Å². The van der Waals surface area contributed by atoms with Gasteiger partial charge in [-0.15, -0.1) is 24.0 Å². The van der Waals surface area contributed by atoms with Gasteiger partial charge in [-0.2, -0.15) is 0 Å². The molecule has 0 aliphatic heterocycles. The molecule has 0 saturated heterocycles. The second kappa shape index (κ2) is 12.2. The van der Waals surface area contributed by atoms with Crippen molar-refractivity contribution in [2.75, 3.05) is 26.7 Å². The summed E-state index contributed by atoms with van der Waals surface area (Å²) in [7, 11) is 1.69. The van der Waals surface area contributed by atoms with Crippen molar-refractivity contribution in [1.29, 1.82) is 0 Å². The van der Waals surface area contributed by atoms with Gasteiger partial charge in [0.2, 0.25) is 0 Å². The number of hydrogen-bond donors (Lipinski definition) is 3. The maximum atomic E-state index is 12.9. The lowest BCUT2D eigenvalue weighted by Gasteiger charge is -2.12. The van der Waals surface area contributed by atoms with E-state index in [2.05, 4.69) is 20.9 Å². The van der Waals surface area contributed by atoms with E-state index in [4.69, 9.17) is 0 Å². The molecule has 1 amide bonds. The van der Waals surface area contributed by atoms with Crippen molar-refractivity contribution in [3.05, 3.63) is 71.5 Å². The van der Waals surface area contributed by atoms with E-state index in [0.717, 1.165) is 12.0 Å². The zero-order chi connectivity index (χ0) is 17.9. The Morgan fingerprint density at radius 2 is 1.54 bits per heavy atom. The quantitative estimate of drug-likeness (QED) is 0.252. The highest BCUT2D eigenvalue weighted by Crippen LogP contribution is 2.02. The summed E-state index contributed by atoms with van der Waals surface area (Å²) in [4.78, 5) is 16.0. The standard InChI is InChI=1S/C19H23FN4O.HI/c1-21-19(23-12-11-15-7-9-17(20)10-8-15)24-14-13-22-18(25)16-5-3-2-4-6-16;/h2-10H,11-14H2,1H3,(H,22,25)(H2,21,23,24);1H. The molecule has 2 aromatic rings. The largest absolute Gasteiger partial charge is 0.356 e. The number of amides is 1. The Morgan fingerprint density at radius 3 is 2.19 bits per heavy atom. The monoisotopic (exact) mass is 470 g/mol. The van der Waals surface area contributed by atoms with Crippen LogP contribution < -0.4 is 16.0 Å². The predicted octanol–water partition coefficient (Wildman–Crippen LogP) is 2.58. The second-order valence-electron chi connectivity index (χ2n) is 5.42. The second-order valence-corrected chi connectivity index (χ2v) is 5.42. The Kier molecular flexibility index (Phi) is 10.3. The van der Waals surface area contributed by atoms with E-state index >= 15 is 0 Å². The Bertz CT molecular complexity index is 692. The molecule has 0 aromatic heterocycles. The molecule has 0 aliphatic carbocycles. The molecule has 0 spiro atoms. The lowest BCUT2D eigenvalue weighted by Crippen LogP contribution is -2.42. The number of rotatable bonds is 7. The molecule has 140 valence electrons. The van der Waals surface area contributed by atoms with Crippen molar-refractivity contribution >= 4 is 35.8 Å². The number of carbonyl (C=O) groups is 1. The van der Waals surface area contributed by atoms with Gasteiger partial charge in [0, 0.05) is 32.2 Å². The molecule has 3 N–H and O–H groups in total. The molecule has 0 radical (unpaired) electrons. The van der Waals surface area contributed by atoms with Gasteiger partial charge in [0.05, 0.1) is 0 Å². The minimum absolute atomic E-state index is 0. The van der Waals surface area contributed by atoms with Crippen LogP contribution in [0.25, 0.3) is 0 Å². The maximum absolute atomic E-state index is 12.9. The Balaban J connectivity index is 0.00000338. The zero-order valence-electron chi connectivity index (χ0n) is 14.7. The number of carbonyl (C=O) groups excluding carboxylic acids is 1. The fraction of sp³-hybridized carbons (Fsp3) is 0.263. The Morgan fingerprint density at radius 1 is 0.923 bits per heavy atom. The van der Waals surface area contributed by atoms with Crippen molar-refractivity contribution in [1.82, 2.24) is 16.0 Å². The summed E-state index contributed by atoms with van der Waals surface area (Å²) in [6, 6.07) is 15.5. The normalized spacial score (nSPS) is 10.6. The first-order valence-corrected chi connectivity index (χ1v) is 8.21. The van der Waals surface area contributed by atoms with Gasteiger partial charge in [0.25, 0.3) is 5.91 Å². The molecular weight excluding hydrogens is 446 g/mol. The summed E-state index contributed by atoms with van der Waals surface area (Å²) in [5.41, 5.74) is 1.70. The van der Waals surface area contributed by atoms with Crippen LogP contribution in [0, 0.1) is 5.82 Å². The van der Waals surface area contributed by atoms with E-state index in [1.807, 2.05) is 18.2 Å². The zero-order valence-corrected chi connectivity index (χ0v) is 17.0. The van der Waals surface area contributed by atoms with Crippen LogP contribution in [0.2, 0.25) is 0 Å². The first kappa shape index (κ1) is 21.9. The molecule has 26 heavy (non-hydrogen) atoms. The van der Waals surface area contributed by atoms with Crippen LogP contribution in [0.5, 0.6) is 0 Å². The minimum Gasteiger partial charge on any atom is -0.356 e. The number of guanidine groups is 1. The topological polar surface area (TPSA) is 65.5 Å². The van der Waals surface area contributed by atoms with Gasteiger partial charge in [-0.25, -0.2) is 4.39 Å². The molecule has 0 atom stereocenters. The van der Waals surface area contributed by atoms with Crippen LogP contribution in [0.3, 0.4) is 0 Å². The molecule has 0 fully saturated rings. The van der Waals surface area contributed by atoms with E-state index in [9.17, 15) is 9.18 Å². The molecule has 0 heterocycles. The Labute approximate surface area is 170 Å². The molecule has 0 aliphatic rings. The molecule has 7 heteroatoms. The highest BCUT2D eigenvalue weighted by molar-refractivity contribution is 14.0. The Hall–Kier alpha value is -2.16. The van der Waals surface area contributed by atoms with E-state index in [1.165, 1.54) is 12.1 Å². The highest BCUT2D eigenvalue weighted by Gasteiger charge is 2.03. The third-order valence-corrected chi connectivity index (χ3v) is 3.58. The van der Waals surface area contributed by atoms with Gasteiger partial charge in [0.1, 0.15) is 5.82 Å². The lowest BCUT2D eigenvalue weighted by molar-refractivity contribution is 0.0954. The molecule has 0 bridgehead atoms. The van der Waals surface area contributed by atoms with Gasteiger partial charge in [-0.3, -0.25) is 9.79 Å². The van der Waals surface area contributed by atoms with Gasteiger partial charge < -0.3 is 16.0 Å². The van der Waals surface area contributed by atoms with E-state index in [1.54, 1.807) is 31.3 Å².